The summed E-state index contributed by atoms with van der Waals surface area (Å²) >= 11 is 0. The Bertz CT molecular complexity index is 396. The fourth-order valence-corrected chi connectivity index (χ4v) is 2.76. The standard InChI is InChI=1S/C15H24N2/c1-11-12(5-4-6-14(11)16)10-17-13-7-8-15(2,3)9-13/h4-6,13,17H,7-10,16H2,1-3H3. The summed E-state index contributed by atoms with van der Waals surface area (Å²) in [6.07, 6.45) is 3.92. The molecule has 2 rings (SSSR count). The molecule has 17 heavy (non-hydrogen) atoms. The van der Waals surface area contributed by atoms with Crippen LogP contribution in [0.25, 0.3) is 0 Å². The number of anilines is 1. The van der Waals surface area contributed by atoms with Gasteiger partial charge in [-0.25, -0.2) is 0 Å². The zero-order valence-electron chi connectivity index (χ0n) is 11.2. The smallest absolute Gasteiger partial charge is 0.0346 e. The van der Waals surface area contributed by atoms with Gasteiger partial charge in [-0.05, 0) is 48.8 Å². The van der Waals surface area contributed by atoms with E-state index in [1.165, 1.54) is 30.4 Å². The molecule has 0 radical (unpaired) electrons. The van der Waals surface area contributed by atoms with Gasteiger partial charge in [-0.15, -0.1) is 0 Å². The minimum absolute atomic E-state index is 0.516. The van der Waals surface area contributed by atoms with Gasteiger partial charge in [0.15, 0.2) is 0 Å². The van der Waals surface area contributed by atoms with E-state index in [2.05, 4.69) is 32.2 Å². The number of hydrogen-bond acceptors (Lipinski definition) is 2. The monoisotopic (exact) mass is 232 g/mol. The fourth-order valence-electron chi connectivity index (χ4n) is 2.76. The van der Waals surface area contributed by atoms with Gasteiger partial charge in [0.25, 0.3) is 0 Å². The first-order valence-electron chi connectivity index (χ1n) is 6.55. The summed E-state index contributed by atoms with van der Waals surface area (Å²) in [6, 6.07) is 6.85. The first kappa shape index (κ1) is 12.4. The average molecular weight is 232 g/mol. The molecule has 1 aromatic rings. The van der Waals surface area contributed by atoms with E-state index in [-0.39, 0.29) is 0 Å². The van der Waals surface area contributed by atoms with Crippen molar-refractivity contribution in [2.45, 2.75) is 52.6 Å². The number of benzene rings is 1. The van der Waals surface area contributed by atoms with Gasteiger partial charge < -0.3 is 11.1 Å². The van der Waals surface area contributed by atoms with E-state index in [1.54, 1.807) is 0 Å². The minimum Gasteiger partial charge on any atom is -0.399 e. The number of nitrogens with one attached hydrogen (secondary N) is 1. The molecule has 1 unspecified atom stereocenters. The number of nitrogen functional groups attached to an aromatic ring is 1. The van der Waals surface area contributed by atoms with Gasteiger partial charge in [-0.1, -0.05) is 26.0 Å². The summed E-state index contributed by atoms with van der Waals surface area (Å²) in [6.45, 7) is 7.77. The van der Waals surface area contributed by atoms with Crippen molar-refractivity contribution in [1.82, 2.24) is 5.32 Å². The quantitative estimate of drug-likeness (QED) is 0.785. The molecule has 1 aliphatic rings. The van der Waals surface area contributed by atoms with Gasteiger partial charge in [0, 0.05) is 18.3 Å². The molecule has 94 valence electrons. The van der Waals surface area contributed by atoms with Gasteiger partial charge in [0.05, 0.1) is 0 Å². The highest BCUT2D eigenvalue weighted by molar-refractivity contribution is 5.49. The molecule has 3 N–H and O–H groups in total. The molecule has 1 atom stereocenters. The summed E-state index contributed by atoms with van der Waals surface area (Å²) in [4.78, 5) is 0. The van der Waals surface area contributed by atoms with E-state index in [1.807, 2.05) is 12.1 Å². The topological polar surface area (TPSA) is 38.0 Å². The number of nitrogens with two attached hydrogens (primary N) is 1. The lowest BCUT2D eigenvalue weighted by molar-refractivity contribution is 0.364. The maximum Gasteiger partial charge on any atom is 0.0346 e. The lowest BCUT2D eigenvalue weighted by Crippen LogP contribution is -2.27. The Morgan fingerprint density at radius 1 is 1.41 bits per heavy atom. The van der Waals surface area contributed by atoms with E-state index in [9.17, 15) is 0 Å². The van der Waals surface area contributed by atoms with Gasteiger partial charge in [-0.2, -0.15) is 0 Å². The van der Waals surface area contributed by atoms with Crippen molar-refractivity contribution in [2.24, 2.45) is 5.41 Å². The largest absolute Gasteiger partial charge is 0.399 e. The van der Waals surface area contributed by atoms with E-state index in [4.69, 9.17) is 5.73 Å². The van der Waals surface area contributed by atoms with E-state index in [0.717, 1.165) is 12.2 Å². The first-order valence-corrected chi connectivity index (χ1v) is 6.55. The van der Waals surface area contributed by atoms with Crippen molar-refractivity contribution in [3.05, 3.63) is 29.3 Å². The highest BCUT2D eigenvalue weighted by Crippen LogP contribution is 2.37. The zero-order valence-corrected chi connectivity index (χ0v) is 11.2. The minimum atomic E-state index is 0.516. The van der Waals surface area contributed by atoms with Gasteiger partial charge in [0.2, 0.25) is 0 Å². The number of rotatable bonds is 3. The fraction of sp³-hybridized carbons (Fsp3) is 0.600. The Labute approximate surface area is 105 Å². The summed E-state index contributed by atoms with van der Waals surface area (Å²) in [5.74, 6) is 0. The molecule has 1 saturated carbocycles. The molecule has 0 spiro atoms. The number of hydrogen-bond donors (Lipinski definition) is 2. The predicted octanol–water partition coefficient (Wildman–Crippen LogP) is 3.25. The van der Waals surface area contributed by atoms with Crippen LogP contribution in [0.5, 0.6) is 0 Å². The summed E-state index contributed by atoms with van der Waals surface area (Å²) in [5, 5.41) is 3.67. The molecular formula is C15H24N2. The van der Waals surface area contributed by atoms with Crippen LogP contribution in [0.2, 0.25) is 0 Å². The van der Waals surface area contributed by atoms with E-state index < -0.39 is 0 Å². The van der Waals surface area contributed by atoms with Crippen LogP contribution in [-0.4, -0.2) is 6.04 Å². The van der Waals surface area contributed by atoms with Crippen LogP contribution in [0.15, 0.2) is 18.2 Å². The second-order valence-corrected chi connectivity index (χ2v) is 6.12. The predicted molar refractivity (Wildman–Crippen MR) is 73.9 cm³/mol. The van der Waals surface area contributed by atoms with Gasteiger partial charge >= 0.3 is 0 Å². The average Bonchev–Trinajstić information content (AvgIpc) is 2.61. The zero-order chi connectivity index (χ0) is 12.5. The van der Waals surface area contributed by atoms with Crippen LogP contribution in [-0.2, 0) is 6.54 Å². The third-order valence-electron chi connectivity index (χ3n) is 4.04. The second-order valence-electron chi connectivity index (χ2n) is 6.12. The maximum atomic E-state index is 5.92. The Balaban J connectivity index is 1.93. The Hall–Kier alpha value is -1.02. The Morgan fingerprint density at radius 2 is 2.18 bits per heavy atom. The van der Waals surface area contributed by atoms with Crippen molar-refractivity contribution >= 4 is 5.69 Å². The van der Waals surface area contributed by atoms with Gasteiger partial charge in [0.1, 0.15) is 0 Å². The van der Waals surface area contributed by atoms with Crippen molar-refractivity contribution in [1.29, 1.82) is 0 Å². The van der Waals surface area contributed by atoms with E-state index in [0.29, 0.717) is 11.5 Å². The Morgan fingerprint density at radius 3 is 2.82 bits per heavy atom. The van der Waals surface area contributed by atoms with Crippen LogP contribution in [0.4, 0.5) is 5.69 Å². The molecule has 1 fully saturated rings. The normalized spacial score (nSPS) is 22.9. The molecule has 0 aliphatic heterocycles. The summed E-state index contributed by atoms with van der Waals surface area (Å²) < 4.78 is 0. The summed E-state index contributed by atoms with van der Waals surface area (Å²) in [7, 11) is 0. The third-order valence-corrected chi connectivity index (χ3v) is 4.04. The Kier molecular flexibility index (Phi) is 3.43. The van der Waals surface area contributed by atoms with Gasteiger partial charge in [-0.3, -0.25) is 0 Å². The maximum absolute atomic E-state index is 5.92. The molecule has 0 aromatic heterocycles. The van der Waals surface area contributed by atoms with E-state index >= 15 is 0 Å². The van der Waals surface area contributed by atoms with Crippen LogP contribution >= 0.6 is 0 Å². The highest BCUT2D eigenvalue weighted by atomic mass is 14.9. The highest BCUT2D eigenvalue weighted by Gasteiger charge is 2.30. The first-order chi connectivity index (χ1) is 7.98. The lowest BCUT2D eigenvalue weighted by atomic mass is 9.92. The van der Waals surface area contributed by atoms with Crippen molar-refractivity contribution < 1.29 is 0 Å². The molecule has 0 bridgehead atoms. The van der Waals surface area contributed by atoms with Crippen molar-refractivity contribution in [2.75, 3.05) is 5.73 Å². The molecule has 0 amide bonds. The lowest BCUT2D eigenvalue weighted by Gasteiger charge is -2.18. The molecule has 1 aliphatic carbocycles. The third kappa shape index (κ3) is 3.01. The van der Waals surface area contributed by atoms with Crippen LogP contribution < -0.4 is 11.1 Å². The van der Waals surface area contributed by atoms with Crippen molar-refractivity contribution in [3.63, 3.8) is 0 Å². The SMILES string of the molecule is Cc1c(N)cccc1CNC1CCC(C)(C)C1. The van der Waals surface area contributed by atoms with Crippen molar-refractivity contribution in [3.8, 4) is 0 Å². The molecule has 0 saturated heterocycles. The van der Waals surface area contributed by atoms with Crippen LogP contribution in [0, 0.1) is 12.3 Å². The molecule has 2 nitrogen and oxygen atoms in total. The van der Waals surface area contributed by atoms with Crippen LogP contribution in [0.3, 0.4) is 0 Å². The molecule has 2 heteroatoms. The second kappa shape index (κ2) is 4.69. The molecular weight excluding hydrogens is 208 g/mol. The molecule has 1 aromatic carbocycles. The summed E-state index contributed by atoms with van der Waals surface area (Å²) in [5.41, 5.74) is 9.88. The molecule has 0 heterocycles. The van der Waals surface area contributed by atoms with Crippen LogP contribution in [0.1, 0.15) is 44.2 Å².